The average molecular weight is 257 g/mol. The van der Waals surface area contributed by atoms with Crippen molar-refractivity contribution in [1.82, 2.24) is 4.98 Å². The Hall–Kier alpha value is -2.56. The molecule has 5 heteroatoms. The van der Waals surface area contributed by atoms with Gasteiger partial charge in [-0.25, -0.2) is 9.78 Å². The normalized spacial score (nSPS) is 12.2. The monoisotopic (exact) mass is 257 g/mol. The summed E-state index contributed by atoms with van der Waals surface area (Å²) in [7, 11) is 0. The molecule has 3 rings (SSSR count). The van der Waals surface area contributed by atoms with Crippen molar-refractivity contribution in [3.05, 3.63) is 53.9 Å². The van der Waals surface area contributed by atoms with E-state index in [2.05, 4.69) is 4.98 Å². The molecule has 0 spiro atoms. The molecule has 0 saturated carbocycles. The maximum atomic E-state index is 11.7. The zero-order valence-corrected chi connectivity index (χ0v) is 10.0. The fourth-order valence-corrected chi connectivity index (χ4v) is 1.74. The minimum Gasteiger partial charge on any atom is -0.456 e. The molecule has 2 aromatic rings. The summed E-state index contributed by atoms with van der Waals surface area (Å²) in [5.41, 5.74) is 1.14. The Morgan fingerprint density at radius 3 is 2.95 bits per heavy atom. The lowest BCUT2D eigenvalue weighted by Crippen LogP contribution is -2.06. The molecule has 0 radical (unpaired) electrons. The van der Waals surface area contributed by atoms with Gasteiger partial charge in [0.25, 0.3) is 0 Å². The SMILES string of the molecule is O=C(OCc1ccc2c(c1)OCO2)c1ccccn1. The van der Waals surface area contributed by atoms with E-state index in [1.54, 1.807) is 36.5 Å². The fraction of sp³-hybridized carbons (Fsp3) is 0.143. The van der Waals surface area contributed by atoms with Gasteiger partial charge in [-0.15, -0.1) is 0 Å². The first-order chi connectivity index (χ1) is 9.33. The summed E-state index contributed by atoms with van der Waals surface area (Å²) in [4.78, 5) is 15.6. The lowest BCUT2D eigenvalue weighted by atomic mass is 10.2. The maximum Gasteiger partial charge on any atom is 0.357 e. The number of esters is 1. The highest BCUT2D eigenvalue weighted by atomic mass is 16.7. The summed E-state index contributed by atoms with van der Waals surface area (Å²) in [5, 5.41) is 0. The van der Waals surface area contributed by atoms with Crippen LogP contribution in [0.3, 0.4) is 0 Å². The molecule has 1 aliphatic rings. The molecule has 0 bridgehead atoms. The van der Waals surface area contributed by atoms with Gasteiger partial charge >= 0.3 is 5.97 Å². The number of carbonyl (C=O) groups is 1. The molecular formula is C14H11NO4. The second-order valence-corrected chi connectivity index (χ2v) is 3.98. The molecule has 0 atom stereocenters. The van der Waals surface area contributed by atoms with Gasteiger partial charge in [-0.1, -0.05) is 12.1 Å². The minimum atomic E-state index is -0.446. The third kappa shape index (κ3) is 2.49. The number of benzene rings is 1. The van der Waals surface area contributed by atoms with Crippen LogP contribution in [0.4, 0.5) is 0 Å². The van der Waals surface area contributed by atoms with E-state index in [1.807, 2.05) is 6.07 Å². The van der Waals surface area contributed by atoms with Crippen molar-refractivity contribution in [3.63, 3.8) is 0 Å². The number of ether oxygens (including phenoxy) is 3. The van der Waals surface area contributed by atoms with Crippen LogP contribution in [0.25, 0.3) is 0 Å². The molecule has 19 heavy (non-hydrogen) atoms. The van der Waals surface area contributed by atoms with Crippen LogP contribution in [0.15, 0.2) is 42.6 Å². The van der Waals surface area contributed by atoms with Gasteiger partial charge in [0.1, 0.15) is 12.3 Å². The van der Waals surface area contributed by atoms with Crippen LogP contribution in [-0.4, -0.2) is 17.7 Å². The number of nitrogens with zero attached hydrogens (tertiary/aromatic N) is 1. The van der Waals surface area contributed by atoms with Crippen LogP contribution in [0.1, 0.15) is 16.1 Å². The van der Waals surface area contributed by atoms with Gasteiger partial charge in [-0.3, -0.25) is 0 Å². The van der Waals surface area contributed by atoms with E-state index in [0.29, 0.717) is 17.2 Å². The predicted octanol–water partition coefficient (Wildman–Crippen LogP) is 2.17. The number of rotatable bonds is 3. The lowest BCUT2D eigenvalue weighted by molar-refractivity contribution is 0.0465. The van der Waals surface area contributed by atoms with E-state index in [9.17, 15) is 4.79 Å². The van der Waals surface area contributed by atoms with Crippen LogP contribution in [0.5, 0.6) is 11.5 Å². The largest absolute Gasteiger partial charge is 0.456 e. The first-order valence-electron chi connectivity index (χ1n) is 5.79. The molecule has 0 amide bonds. The van der Waals surface area contributed by atoms with Crippen LogP contribution < -0.4 is 9.47 Å². The van der Waals surface area contributed by atoms with Crippen molar-refractivity contribution >= 4 is 5.97 Å². The third-order valence-corrected chi connectivity index (χ3v) is 2.68. The zero-order chi connectivity index (χ0) is 13.1. The van der Waals surface area contributed by atoms with Crippen molar-refractivity contribution in [2.24, 2.45) is 0 Å². The molecule has 0 unspecified atom stereocenters. The second kappa shape index (κ2) is 4.97. The van der Waals surface area contributed by atoms with E-state index in [1.165, 1.54) is 0 Å². The number of carbonyl (C=O) groups excluding carboxylic acids is 1. The molecule has 0 aliphatic carbocycles. The van der Waals surface area contributed by atoms with Crippen LogP contribution >= 0.6 is 0 Å². The van der Waals surface area contributed by atoms with Crippen LogP contribution in [0.2, 0.25) is 0 Å². The summed E-state index contributed by atoms with van der Waals surface area (Å²) in [6.07, 6.45) is 1.55. The van der Waals surface area contributed by atoms with Gasteiger partial charge in [0.05, 0.1) is 0 Å². The average Bonchev–Trinajstić information content (AvgIpc) is 2.93. The van der Waals surface area contributed by atoms with Gasteiger partial charge in [0.15, 0.2) is 11.5 Å². The fourth-order valence-electron chi connectivity index (χ4n) is 1.74. The van der Waals surface area contributed by atoms with Gasteiger partial charge in [-0.05, 0) is 29.8 Å². The molecule has 0 N–H and O–H groups in total. The standard InChI is InChI=1S/C14H11NO4/c16-14(11-3-1-2-6-15-11)17-8-10-4-5-12-13(7-10)19-9-18-12/h1-7H,8-9H2. The first kappa shape index (κ1) is 11.5. The van der Waals surface area contributed by atoms with Crippen molar-refractivity contribution in [2.45, 2.75) is 6.61 Å². The molecule has 1 aromatic heterocycles. The van der Waals surface area contributed by atoms with Crippen molar-refractivity contribution < 1.29 is 19.0 Å². The summed E-state index contributed by atoms with van der Waals surface area (Å²) in [6.45, 7) is 0.401. The zero-order valence-electron chi connectivity index (χ0n) is 10.0. The number of hydrogen-bond donors (Lipinski definition) is 0. The number of aromatic nitrogens is 1. The van der Waals surface area contributed by atoms with E-state index in [-0.39, 0.29) is 13.4 Å². The number of hydrogen-bond acceptors (Lipinski definition) is 5. The van der Waals surface area contributed by atoms with E-state index in [0.717, 1.165) is 5.56 Å². The summed E-state index contributed by atoms with van der Waals surface area (Å²) in [5.74, 6) is 0.935. The van der Waals surface area contributed by atoms with Gasteiger partial charge < -0.3 is 14.2 Å². The summed E-state index contributed by atoms with van der Waals surface area (Å²) < 4.78 is 15.6. The Labute approximate surface area is 109 Å². The van der Waals surface area contributed by atoms with E-state index >= 15 is 0 Å². The van der Waals surface area contributed by atoms with Gasteiger partial charge in [0, 0.05) is 6.20 Å². The van der Waals surface area contributed by atoms with Crippen molar-refractivity contribution in [1.29, 1.82) is 0 Å². The third-order valence-electron chi connectivity index (χ3n) is 2.68. The Balaban J connectivity index is 1.65. The summed E-state index contributed by atoms with van der Waals surface area (Å²) in [6, 6.07) is 10.5. The molecule has 0 saturated heterocycles. The Morgan fingerprint density at radius 2 is 2.11 bits per heavy atom. The highest BCUT2D eigenvalue weighted by molar-refractivity contribution is 5.87. The first-order valence-corrected chi connectivity index (χ1v) is 5.79. The van der Waals surface area contributed by atoms with Gasteiger partial charge in [0.2, 0.25) is 6.79 Å². The Bertz CT molecular complexity index is 598. The van der Waals surface area contributed by atoms with E-state index in [4.69, 9.17) is 14.2 Å². The molecule has 96 valence electrons. The quantitative estimate of drug-likeness (QED) is 0.789. The number of pyridine rings is 1. The lowest BCUT2D eigenvalue weighted by Gasteiger charge is -2.05. The van der Waals surface area contributed by atoms with Crippen molar-refractivity contribution in [3.8, 4) is 11.5 Å². The van der Waals surface area contributed by atoms with E-state index < -0.39 is 5.97 Å². The molecule has 2 heterocycles. The second-order valence-electron chi connectivity index (χ2n) is 3.98. The molecule has 1 aromatic carbocycles. The number of fused-ring (bicyclic) bond motifs is 1. The minimum absolute atomic E-state index is 0.173. The molecule has 0 fully saturated rings. The van der Waals surface area contributed by atoms with Crippen LogP contribution in [-0.2, 0) is 11.3 Å². The maximum absolute atomic E-state index is 11.7. The highest BCUT2D eigenvalue weighted by Gasteiger charge is 2.14. The smallest absolute Gasteiger partial charge is 0.357 e. The van der Waals surface area contributed by atoms with Crippen LogP contribution in [0, 0.1) is 0 Å². The topological polar surface area (TPSA) is 57.7 Å². The molecule has 1 aliphatic heterocycles. The predicted molar refractivity (Wildman–Crippen MR) is 65.9 cm³/mol. The van der Waals surface area contributed by atoms with Gasteiger partial charge in [-0.2, -0.15) is 0 Å². The molecular weight excluding hydrogens is 246 g/mol. The summed E-state index contributed by atoms with van der Waals surface area (Å²) >= 11 is 0. The molecule has 5 nitrogen and oxygen atoms in total. The highest BCUT2D eigenvalue weighted by Crippen LogP contribution is 2.32. The van der Waals surface area contributed by atoms with Crippen molar-refractivity contribution in [2.75, 3.05) is 6.79 Å². The Kier molecular flexibility index (Phi) is 3.02. The Morgan fingerprint density at radius 1 is 1.21 bits per heavy atom.